The molecular formula is C14H23N3O2. The Hall–Kier alpha value is -1.36. The average molecular weight is 265 g/mol. The van der Waals surface area contributed by atoms with Crippen molar-refractivity contribution in [1.82, 2.24) is 10.5 Å². The first-order valence-electron chi connectivity index (χ1n) is 6.95. The zero-order valence-electron chi connectivity index (χ0n) is 11.9. The summed E-state index contributed by atoms with van der Waals surface area (Å²) in [4.78, 5) is 12.1. The van der Waals surface area contributed by atoms with Gasteiger partial charge in [-0.25, -0.2) is 0 Å². The Morgan fingerprint density at radius 3 is 2.79 bits per heavy atom. The van der Waals surface area contributed by atoms with Crippen LogP contribution in [-0.4, -0.2) is 23.1 Å². The third-order valence-electron chi connectivity index (χ3n) is 3.92. The average Bonchev–Trinajstić information content (AvgIpc) is 2.90. The Kier molecular flexibility index (Phi) is 4.24. The standard InChI is InChI=1S/C14H23N3O2/c1-8(6-13-9(2)17-19-10(13)3)16-14(18)11-4-5-12(15)7-11/h8,11-12H,4-7,15H2,1-3H3,(H,16,18). The number of nitrogens with one attached hydrogen (secondary N) is 1. The van der Waals surface area contributed by atoms with Crippen LogP contribution in [0.2, 0.25) is 0 Å². The molecule has 3 unspecified atom stereocenters. The van der Waals surface area contributed by atoms with Gasteiger partial charge < -0.3 is 15.6 Å². The highest BCUT2D eigenvalue weighted by atomic mass is 16.5. The molecule has 19 heavy (non-hydrogen) atoms. The SMILES string of the molecule is Cc1noc(C)c1CC(C)NC(=O)C1CCC(N)C1. The van der Waals surface area contributed by atoms with E-state index in [4.69, 9.17) is 10.3 Å². The zero-order valence-corrected chi connectivity index (χ0v) is 11.9. The monoisotopic (exact) mass is 265 g/mol. The predicted octanol–water partition coefficient (Wildman–Crippen LogP) is 1.47. The lowest BCUT2D eigenvalue weighted by molar-refractivity contribution is -0.125. The Labute approximate surface area is 113 Å². The molecule has 0 spiro atoms. The fraction of sp³-hybridized carbons (Fsp3) is 0.714. The van der Waals surface area contributed by atoms with E-state index in [9.17, 15) is 4.79 Å². The van der Waals surface area contributed by atoms with Gasteiger partial charge in [0.25, 0.3) is 0 Å². The molecule has 3 N–H and O–H groups in total. The van der Waals surface area contributed by atoms with Crippen molar-refractivity contribution in [3.8, 4) is 0 Å². The van der Waals surface area contributed by atoms with Gasteiger partial charge in [-0.1, -0.05) is 5.16 Å². The molecule has 106 valence electrons. The topological polar surface area (TPSA) is 81.2 Å². The van der Waals surface area contributed by atoms with Crippen molar-refractivity contribution >= 4 is 5.91 Å². The van der Waals surface area contributed by atoms with Gasteiger partial charge in [-0.05, 0) is 46.5 Å². The molecular weight excluding hydrogens is 242 g/mol. The second-order valence-electron chi connectivity index (χ2n) is 5.69. The number of nitrogens with zero attached hydrogens (tertiary/aromatic N) is 1. The number of amides is 1. The van der Waals surface area contributed by atoms with Gasteiger partial charge in [-0.15, -0.1) is 0 Å². The Morgan fingerprint density at radius 1 is 1.53 bits per heavy atom. The van der Waals surface area contributed by atoms with E-state index in [2.05, 4.69) is 10.5 Å². The number of nitrogens with two attached hydrogens (primary N) is 1. The van der Waals surface area contributed by atoms with Crippen molar-refractivity contribution in [1.29, 1.82) is 0 Å². The van der Waals surface area contributed by atoms with E-state index in [1.54, 1.807) is 0 Å². The summed E-state index contributed by atoms with van der Waals surface area (Å²) in [6.45, 7) is 5.84. The highest BCUT2D eigenvalue weighted by Gasteiger charge is 2.28. The lowest BCUT2D eigenvalue weighted by Gasteiger charge is -2.17. The summed E-state index contributed by atoms with van der Waals surface area (Å²) in [5.41, 5.74) is 7.84. The van der Waals surface area contributed by atoms with Gasteiger partial charge in [-0.3, -0.25) is 4.79 Å². The van der Waals surface area contributed by atoms with E-state index >= 15 is 0 Å². The highest BCUT2D eigenvalue weighted by molar-refractivity contribution is 5.79. The predicted molar refractivity (Wildman–Crippen MR) is 72.6 cm³/mol. The van der Waals surface area contributed by atoms with Crippen LogP contribution in [0, 0.1) is 19.8 Å². The summed E-state index contributed by atoms with van der Waals surface area (Å²) in [5, 5.41) is 7.00. The molecule has 0 aliphatic heterocycles. The third kappa shape index (κ3) is 3.35. The molecule has 1 fully saturated rings. The lowest BCUT2D eigenvalue weighted by Crippen LogP contribution is -2.38. The van der Waals surface area contributed by atoms with Crippen LogP contribution in [0.3, 0.4) is 0 Å². The van der Waals surface area contributed by atoms with E-state index in [0.29, 0.717) is 0 Å². The summed E-state index contributed by atoms with van der Waals surface area (Å²) < 4.78 is 5.14. The van der Waals surface area contributed by atoms with Crippen LogP contribution in [0.25, 0.3) is 0 Å². The number of hydrogen-bond acceptors (Lipinski definition) is 4. The van der Waals surface area contributed by atoms with E-state index in [1.165, 1.54) is 0 Å². The molecule has 2 rings (SSSR count). The second kappa shape index (κ2) is 5.74. The molecule has 0 bridgehead atoms. The fourth-order valence-electron chi connectivity index (χ4n) is 2.77. The number of aryl methyl sites for hydroxylation is 2. The molecule has 1 heterocycles. The summed E-state index contributed by atoms with van der Waals surface area (Å²) in [7, 11) is 0. The van der Waals surface area contributed by atoms with Gasteiger partial charge in [0.15, 0.2) is 0 Å². The van der Waals surface area contributed by atoms with Crippen LogP contribution < -0.4 is 11.1 Å². The van der Waals surface area contributed by atoms with Crippen LogP contribution in [0.15, 0.2) is 4.52 Å². The van der Waals surface area contributed by atoms with Crippen molar-refractivity contribution in [2.45, 2.75) is 58.5 Å². The minimum Gasteiger partial charge on any atom is -0.361 e. The maximum Gasteiger partial charge on any atom is 0.223 e. The normalized spacial score (nSPS) is 24.4. The van der Waals surface area contributed by atoms with Crippen LogP contribution in [0.4, 0.5) is 0 Å². The van der Waals surface area contributed by atoms with Gasteiger partial charge in [0.2, 0.25) is 5.91 Å². The van der Waals surface area contributed by atoms with Crippen molar-refractivity contribution < 1.29 is 9.32 Å². The lowest BCUT2D eigenvalue weighted by atomic mass is 10.0. The molecule has 1 amide bonds. The number of rotatable bonds is 4. The minimum absolute atomic E-state index is 0.0844. The van der Waals surface area contributed by atoms with Crippen LogP contribution >= 0.6 is 0 Å². The summed E-state index contributed by atoms with van der Waals surface area (Å²) in [6, 6.07) is 0.273. The van der Waals surface area contributed by atoms with Crippen LogP contribution in [0.5, 0.6) is 0 Å². The maximum atomic E-state index is 12.1. The van der Waals surface area contributed by atoms with Crippen molar-refractivity contribution in [3.05, 3.63) is 17.0 Å². The molecule has 0 aromatic carbocycles. The summed E-state index contributed by atoms with van der Waals surface area (Å²) in [5.74, 6) is 1.05. The van der Waals surface area contributed by atoms with Crippen molar-refractivity contribution in [3.63, 3.8) is 0 Å². The Morgan fingerprint density at radius 2 is 2.26 bits per heavy atom. The van der Waals surface area contributed by atoms with Crippen molar-refractivity contribution in [2.75, 3.05) is 0 Å². The van der Waals surface area contributed by atoms with Gasteiger partial charge in [-0.2, -0.15) is 0 Å². The van der Waals surface area contributed by atoms with Gasteiger partial charge in [0, 0.05) is 23.6 Å². The minimum atomic E-state index is 0.0844. The molecule has 0 saturated heterocycles. The number of hydrogen-bond donors (Lipinski definition) is 2. The largest absolute Gasteiger partial charge is 0.361 e. The zero-order chi connectivity index (χ0) is 14.0. The Balaban J connectivity index is 1.87. The third-order valence-corrected chi connectivity index (χ3v) is 3.92. The smallest absolute Gasteiger partial charge is 0.223 e. The quantitative estimate of drug-likeness (QED) is 0.863. The van der Waals surface area contributed by atoms with Crippen LogP contribution in [-0.2, 0) is 11.2 Å². The summed E-state index contributed by atoms with van der Waals surface area (Å²) in [6.07, 6.45) is 3.43. The van der Waals surface area contributed by atoms with Gasteiger partial charge >= 0.3 is 0 Å². The second-order valence-corrected chi connectivity index (χ2v) is 5.69. The fourth-order valence-corrected chi connectivity index (χ4v) is 2.77. The molecule has 1 aliphatic carbocycles. The van der Waals surface area contributed by atoms with E-state index < -0.39 is 0 Å². The van der Waals surface area contributed by atoms with Gasteiger partial charge in [0.05, 0.1) is 5.69 Å². The number of aromatic nitrogens is 1. The molecule has 1 saturated carbocycles. The number of carbonyl (C=O) groups excluding carboxylic acids is 1. The summed E-state index contributed by atoms with van der Waals surface area (Å²) >= 11 is 0. The first-order chi connectivity index (χ1) is 8.97. The molecule has 5 nitrogen and oxygen atoms in total. The molecule has 0 radical (unpaired) electrons. The van der Waals surface area contributed by atoms with Crippen LogP contribution in [0.1, 0.15) is 43.2 Å². The van der Waals surface area contributed by atoms with Crippen molar-refractivity contribution in [2.24, 2.45) is 11.7 Å². The molecule has 1 aromatic heterocycles. The van der Waals surface area contributed by atoms with E-state index in [-0.39, 0.29) is 23.9 Å². The van der Waals surface area contributed by atoms with E-state index in [1.807, 2.05) is 20.8 Å². The molecule has 1 aliphatic rings. The molecule has 5 heteroatoms. The number of carbonyl (C=O) groups is 1. The first kappa shape index (κ1) is 14.1. The Bertz CT molecular complexity index is 436. The first-order valence-corrected chi connectivity index (χ1v) is 6.95. The van der Waals surface area contributed by atoms with Gasteiger partial charge in [0.1, 0.15) is 5.76 Å². The maximum absolute atomic E-state index is 12.1. The van der Waals surface area contributed by atoms with E-state index in [0.717, 1.165) is 42.7 Å². The highest BCUT2D eigenvalue weighted by Crippen LogP contribution is 2.24. The molecule has 3 atom stereocenters. The molecule has 1 aromatic rings.